The Hall–Kier alpha value is -0.580. The van der Waals surface area contributed by atoms with E-state index < -0.39 is 0 Å². The van der Waals surface area contributed by atoms with Crippen LogP contribution in [-0.2, 0) is 11.3 Å². The quantitative estimate of drug-likeness (QED) is 0.869. The number of ether oxygens (including phenoxy) is 1. The predicted octanol–water partition coefficient (Wildman–Crippen LogP) is 2.89. The molecule has 0 spiro atoms. The Morgan fingerprint density at radius 2 is 2.33 bits per heavy atom. The monoisotopic (exact) mass is 312 g/mol. The maximum absolute atomic E-state index is 6.02. The Morgan fingerprint density at radius 3 is 3.00 bits per heavy atom. The molecule has 0 radical (unpaired) electrons. The highest BCUT2D eigenvalue weighted by Crippen LogP contribution is 2.24. The van der Waals surface area contributed by atoms with E-state index in [9.17, 15) is 0 Å². The minimum Gasteiger partial charge on any atom is -0.398 e. The highest BCUT2D eigenvalue weighted by atomic mass is 79.9. The highest BCUT2D eigenvalue weighted by molar-refractivity contribution is 9.10. The van der Waals surface area contributed by atoms with E-state index >= 15 is 0 Å². The van der Waals surface area contributed by atoms with E-state index in [0.717, 1.165) is 36.5 Å². The Bertz CT molecular complexity index is 371. The number of hydrogen-bond donors (Lipinski definition) is 1. The van der Waals surface area contributed by atoms with E-state index in [1.54, 1.807) is 0 Å². The van der Waals surface area contributed by atoms with Crippen LogP contribution in [0.2, 0.25) is 0 Å². The first-order valence-corrected chi connectivity index (χ1v) is 7.25. The number of nitrogens with zero attached hydrogens (tertiary/aromatic N) is 1. The smallest absolute Gasteiger partial charge is 0.0506 e. The van der Waals surface area contributed by atoms with Crippen LogP contribution in [0.3, 0.4) is 0 Å². The molecule has 100 valence electrons. The molecule has 1 saturated heterocycles. The van der Waals surface area contributed by atoms with Crippen molar-refractivity contribution in [3.05, 3.63) is 28.2 Å². The van der Waals surface area contributed by atoms with Crippen molar-refractivity contribution >= 4 is 21.6 Å². The number of halogens is 1. The molecule has 1 aliphatic rings. The van der Waals surface area contributed by atoms with Crippen molar-refractivity contribution < 1.29 is 4.74 Å². The molecule has 1 unspecified atom stereocenters. The van der Waals surface area contributed by atoms with Gasteiger partial charge in [-0.3, -0.25) is 0 Å². The third-order valence-electron chi connectivity index (χ3n) is 3.41. The molecule has 18 heavy (non-hydrogen) atoms. The van der Waals surface area contributed by atoms with Gasteiger partial charge in [-0.25, -0.2) is 0 Å². The standard InChI is InChI=1S/C14H21BrN2O/c1-17(8-11-4-3-7-18-10-11)9-12-13(15)5-2-6-14(12)16/h2,5-6,11H,3-4,7-10,16H2,1H3. The summed E-state index contributed by atoms with van der Waals surface area (Å²) in [6, 6.07) is 5.97. The fourth-order valence-corrected chi connectivity index (χ4v) is 2.98. The van der Waals surface area contributed by atoms with Gasteiger partial charge in [0, 0.05) is 35.4 Å². The number of anilines is 1. The van der Waals surface area contributed by atoms with Crippen LogP contribution in [0.4, 0.5) is 5.69 Å². The van der Waals surface area contributed by atoms with E-state index in [-0.39, 0.29) is 0 Å². The second-order valence-corrected chi connectivity index (χ2v) is 5.94. The maximum Gasteiger partial charge on any atom is 0.0506 e. The van der Waals surface area contributed by atoms with Gasteiger partial charge in [-0.15, -0.1) is 0 Å². The molecular formula is C14H21BrN2O. The van der Waals surface area contributed by atoms with Gasteiger partial charge in [-0.1, -0.05) is 22.0 Å². The summed E-state index contributed by atoms with van der Waals surface area (Å²) in [5.41, 5.74) is 8.06. The number of rotatable bonds is 4. The van der Waals surface area contributed by atoms with Crippen LogP contribution in [0.5, 0.6) is 0 Å². The van der Waals surface area contributed by atoms with Gasteiger partial charge in [-0.2, -0.15) is 0 Å². The van der Waals surface area contributed by atoms with Crippen LogP contribution >= 0.6 is 15.9 Å². The average molecular weight is 313 g/mol. The molecule has 1 aromatic carbocycles. The lowest BCUT2D eigenvalue weighted by Gasteiger charge is -2.27. The molecule has 0 saturated carbocycles. The molecule has 0 aromatic heterocycles. The average Bonchev–Trinajstić information content (AvgIpc) is 2.35. The van der Waals surface area contributed by atoms with E-state index in [4.69, 9.17) is 10.5 Å². The molecule has 2 rings (SSSR count). The molecule has 0 aliphatic carbocycles. The molecule has 0 bridgehead atoms. The molecular weight excluding hydrogens is 292 g/mol. The lowest BCUT2D eigenvalue weighted by atomic mass is 10.0. The molecule has 4 heteroatoms. The Labute approximate surface area is 117 Å². The van der Waals surface area contributed by atoms with Gasteiger partial charge in [0.2, 0.25) is 0 Å². The third kappa shape index (κ3) is 3.70. The minimum absolute atomic E-state index is 0.660. The summed E-state index contributed by atoms with van der Waals surface area (Å²) >= 11 is 3.57. The van der Waals surface area contributed by atoms with Crippen molar-refractivity contribution in [2.45, 2.75) is 19.4 Å². The van der Waals surface area contributed by atoms with Gasteiger partial charge in [-0.05, 0) is 37.9 Å². The normalized spacial score (nSPS) is 20.3. The number of hydrogen-bond acceptors (Lipinski definition) is 3. The van der Waals surface area contributed by atoms with Gasteiger partial charge in [0.05, 0.1) is 6.61 Å². The molecule has 1 atom stereocenters. The van der Waals surface area contributed by atoms with Crippen LogP contribution in [0, 0.1) is 5.92 Å². The SMILES string of the molecule is CN(Cc1c(N)cccc1Br)CC1CCCOC1. The van der Waals surface area contributed by atoms with E-state index in [1.165, 1.54) is 18.4 Å². The summed E-state index contributed by atoms with van der Waals surface area (Å²) in [4.78, 5) is 2.33. The predicted molar refractivity (Wildman–Crippen MR) is 78.4 cm³/mol. The van der Waals surface area contributed by atoms with Crippen molar-refractivity contribution in [2.75, 3.05) is 32.5 Å². The Morgan fingerprint density at radius 1 is 1.50 bits per heavy atom. The first-order chi connectivity index (χ1) is 8.66. The zero-order chi connectivity index (χ0) is 13.0. The highest BCUT2D eigenvalue weighted by Gasteiger charge is 2.16. The first kappa shape index (κ1) is 13.8. The summed E-state index contributed by atoms with van der Waals surface area (Å²) in [6.45, 7) is 3.78. The zero-order valence-electron chi connectivity index (χ0n) is 10.9. The molecule has 1 aliphatic heterocycles. The van der Waals surface area contributed by atoms with Crippen LogP contribution in [0.25, 0.3) is 0 Å². The van der Waals surface area contributed by atoms with Gasteiger partial charge >= 0.3 is 0 Å². The lowest BCUT2D eigenvalue weighted by Crippen LogP contribution is -2.30. The van der Waals surface area contributed by atoms with E-state index in [2.05, 4.69) is 27.9 Å². The van der Waals surface area contributed by atoms with E-state index in [0.29, 0.717) is 5.92 Å². The Balaban J connectivity index is 1.92. The van der Waals surface area contributed by atoms with Crippen LogP contribution in [0.1, 0.15) is 18.4 Å². The summed E-state index contributed by atoms with van der Waals surface area (Å²) in [5, 5.41) is 0. The van der Waals surface area contributed by atoms with Gasteiger partial charge in [0.15, 0.2) is 0 Å². The second-order valence-electron chi connectivity index (χ2n) is 5.09. The molecule has 1 heterocycles. The van der Waals surface area contributed by atoms with Crippen molar-refractivity contribution in [3.63, 3.8) is 0 Å². The van der Waals surface area contributed by atoms with Crippen molar-refractivity contribution in [3.8, 4) is 0 Å². The Kier molecular flexibility index (Phi) is 5.03. The largest absolute Gasteiger partial charge is 0.398 e. The summed E-state index contributed by atoms with van der Waals surface area (Å²) in [7, 11) is 2.15. The van der Waals surface area contributed by atoms with Crippen molar-refractivity contribution in [2.24, 2.45) is 5.92 Å². The molecule has 3 nitrogen and oxygen atoms in total. The minimum atomic E-state index is 0.660. The lowest BCUT2D eigenvalue weighted by molar-refractivity contribution is 0.0411. The second kappa shape index (κ2) is 6.55. The third-order valence-corrected chi connectivity index (χ3v) is 4.15. The molecule has 0 amide bonds. The van der Waals surface area contributed by atoms with Gasteiger partial charge in [0.25, 0.3) is 0 Å². The summed E-state index contributed by atoms with van der Waals surface area (Å²) in [5.74, 6) is 0.660. The van der Waals surface area contributed by atoms with Crippen LogP contribution < -0.4 is 5.73 Å². The first-order valence-electron chi connectivity index (χ1n) is 6.46. The van der Waals surface area contributed by atoms with E-state index in [1.807, 2.05) is 18.2 Å². The number of nitrogen functional groups attached to an aromatic ring is 1. The number of nitrogens with two attached hydrogens (primary N) is 1. The molecule has 1 aromatic rings. The molecule has 1 fully saturated rings. The topological polar surface area (TPSA) is 38.5 Å². The summed E-state index contributed by atoms with van der Waals surface area (Å²) in [6.07, 6.45) is 2.46. The van der Waals surface area contributed by atoms with Crippen molar-refractivity contribution in [1.82, 2.24) is 4.90 Å². The maximum atomic E-state index is 6.02. The molecule has 2 N–H and O–H groups in total. The fraction of sp³-hybridized carbons (Fsp3) is 0.571. The van der Waals surface area contributed by atoms with Crippen molar-refractivity contribution in [1.29, 1.82) is 0 Å². The van der Waals surface area contributed by atoms with Crippen LogP contribution in [-0.4, -0.2) is 31.7 Å². The van der Waals surface area contributed by atoms with Crippen LogP contribution in [0.15, 0.2) is 22.7 Å². The summed E-state index contributed by atoms with van der Waals surface area (Å²) < 4.78 is 6.61. The zero-order valence-corrected chi connectivity index (χ0v) is 12.4. The van der Waals surface area contributed by atoms with Gasteiger partial charge in [0.1, 0.15) is 0 Å². The van der Waals surface area contributed by atoms with Gasteiger partial charge < -0.3 is 15.4 Å². The number of benzene rings is 1. The fourth-order valence-electron chi connectivity index (χ4n) is 2.47.